The van der Waals surface area contributed by atoms with Gasteiger partial charge < -0.3 is 23.8 Å². The first-order chi connectivity index (χ1) is 18.5. The number of carbonyl (C=O) groups is 1. The van der Waals surface area contributed by atoms with Gasteiger partial charge >= 0.3 is 0 Å². The van der Waals surface area contributed by atoms with Crippen molar-refractivity contribution in [3.63, 3.8) is 0 Å². The minimum atomic E-state index is -0.270. The van der Waals surface area contributed by atoms with Crippen molar-refractivity contribution in [2.75, 3.05) is 39.3 Å². The summed E-state index contributed by atoms with van der Waals surface area (Å²) in [6.07, 6.45) is 3.52. The second-order valence-electron chi connectivity index (χ2n) is 9.78. The van der Waals surface area contributed by atoms with Crippen LogP contribution >= 0.6 is 23.2 Å². The minimum absolute atomic E-state index is 0.101. The first-order valence-corrected chi connectivity index (χ1v) is 13.7. The molecule has 0 radical (unpaired) electrons. The van der Waals surface area contributed by atoms with Crippen molar-refractivity contribution in [1.29, 1.82) is 0 Å². The Kier molecular flexibility index (Phi) is 8.69. The second-order valence-corrected chi connectivity index (χ2v) is 10.6. The maximum Gasteiger partial charge on any atom is 0.263 e. The average molecular weight is 556 g/mol. The van der Waals surface area contributed by atoms with E-state index in [9.17, 15) is 9.59 Å². The van der Waals surface area contributed by atoms with Crippen molar-refractivity contribution < 1.29 is 14.3 Å². The number of benzene rings is 2. The smallest absolute Gasteiger partial charge is 0.263 e. The highest BCUT2D eigenvalue weighted by Gasteiger charge is 2.29. The summed E-state index contributed by atoms with van der Waals surface area (Å²) < 4.78 is 13.7. The highest BCUT2D eigenvalue weighted by Crippen LogP contribution is 2.28. The highest BCUT2D eigenvalue weighted by molar-refractivity contribution is 6.42. The maximum atomic E-state index is 13.3. The van der Waals surface area contributed by atoms with Crippen LogP contribution in [0.15, 0.2) is 71.7 Å². The van der Waals surface area contributed by atoms with Crippen molar-refractivity contribution in [2.45, 2.75) is 31.6 Å². The van der Waals surface area contributed by atoms with Gasteiger partial charge in [0.2, 0.25) is 0 Å². The second kappa shape index (κ2) is 12.3. The fraction of sp³-hybridized carbons (Fsp3) is 0.379. The predicted octanol–water partition coefficient (Wildman–Crippen LogP) is 4.59. The van der Waals surface area contributed by atoms with Crippen LogP contribution in [0.25, 0.3) is 0 Å². The largest absolute Gasteiger partial charge is 0.490 e. The van der Waals surface area contributed by atoms with Gasteiger partial charge in [0, 0.05) is 45.0 Å². The molecule has 9 heteroatoms. The van der Waals surface area contributed by atoms with Gasteiger partial charge in [0.25, 0.3) is 11.5 Å². The van der Waals surface area contributed by atoms with E-state index in [1.165, 1.54) is 0 Å². The van der Waals surface area contributed by atoms with Crippen molar-refractivity contribution in [3.8, 4) is 5.75 Å². The summed E-state index contributed by atoms with van der Waals surface area (Å²) in [4.78, 5) is 30.5. The molecule has 38 heavy (non-hydrogen) atoms. The van der Waals surface area contributed by atoms with E-state index in [1.807, 2.05) is 36.4 Å². The SMILES string of the molecule is O=C(c1cccn(Cc2ccccc2)c1=O)N1CCOC(CN2CCC(Oc3ccc(Cl)c(Cl)c3)CC2)C1. The molecule has 2 aliphatic rings. The zero-order valence-corrected chi connectivity index (χ0v) is 22.6. The standard InChI is InChI=1S/C29H31Cl2N3O4/c30-26-9-8-23(17-27(26)31)38-22-10-13-32(14-11-22)19-24-20-34(15-16-37-24)29(36)25-7-4-12-33(28(25)35)18-21-5-2-1-3-6-21/h1-9,12,17,22,24H,10-11,13-16,18-20H2. The number of halogens is 2. The van der Waals surface area contributed by atoms with Crippen LogP contribution in [0.3, 0.4) is 0 Å². The van der Waals surface area contributed by atoms with Crippen LogP contribution in [0.5, 0.6) is 5.75 Å². The van der Waals surface area contributed by atoms with Gasteiger partial charge in [-0.15, -0.1) is 0 Å². The summed E-state index contributed by atoms with van der Waals surface area (Å²) in [6.45, 7) is 4.31. The Morgan fingerprint density at radius 2 is 1.76 bits per heavy atom. The zero-order chi connectivity index (χ0) is 26.5. The van der Waals surface area contributed by atoms with E-state index in [0.29, 0.717) is 36.3 Å². The number of pyridine rings is 1. The van der Waals surface area contributed by atoms with Crippen molar-refractivity contribution in [3.05, 3.63) is 98.4 Å². The number of carbonyl (C=O) groups excluding carboxylic acids is 1. The molecular weight excluding hydrogens is 525 g/mol. The number of nitrogens with zero attached hydrogens (tertiary/aromatic N) is 3. The molecule has 1 amide bonds. The third-order valence-corrected chi connectivity index (χ3v) is 7.80. The van der Waals surface area contributed by atoms with Crippen molar-refractivity contribution in [2.24, 2.45) is 0 Å². The van der Waals surface area contributed by atoms with E-state index in [-0.39, 0.29) is 29.2 Å². The molecule has 1 unspecified atom stereocenters. The normalized spacial score (nSPS) is 18.9. The summed E-state index contributed by atoms with van der Waals surface area (Å²) in [6, 6.07) is 18.5. The number of morpholine rings is 1. The number of hydrogen-bond donors (Lipinski definition) is 0. The van der Waals surface area contributed by atoms with Crippen LogP contribution < -0.4 is 10.3 Å². The van der Waals surface area contributed by atoms with Gasteiger partial charge in [-0.25, -0.2) is 0 Å². The fourth-order valence-electron chi connectivity index (χ4n) is 5.03. The summed E-state index contributed by atoms with van der Waals surface area (Å²) >= 11 is 12.1. The Bertz CT molecular complexity index is 1310. The molecule has 2 saturated heterocycles. The molecule has 5 rings (SSSR count). The summed E-state index contributed by atoms with van der Waals surface area (Å²) in [7, 11) is 0. The topological polar surface area (TPSA) is 64.0 Å². The lowest BCUT2D eigenvalue weighted by molar-refractivity contribution is -0.0414. The van der Waals surface area contributed by atoms with E-state index in [2.05, 4.69) is 4.90 Å². The molecule has 3 heterocycles. The first kappa shape index (κ1) is 26.8. The highest BCUT2D eigenvalue weighted by atomic mass is 35.5. The molecule has 2 aliphatic heterocycles. The van der Waals surface area contributed by atoms with Crippen LogP contribution in [-0.2, 0) is 11.3 Å². The Hall–Kier alpha value is -2.84. The first-order valence-electron chi connectivity index (χ1n) is 12.9. The van der Waals surface area contributed by atoms with Crippen molar-refractivity contribution in [1.82, 2.24) is 14.4 Å². The fourth-order valence-corrected chi connectivity index (χ4v) is 5.32. The number of piperidine rings is 1. The van der Waals surface area contributed by atoms with E-state index < -0.39 is 0 Å². The molecule has 0 N–H and O–H groups in total. The Morgan fingerprint density at radius 1 is 0.974 bits per heavy atom. The lowest BCUT2D eigenvalue weighted by atomic mass is 10.1. The van der Waals surface area contributed by atoms with Crippen LogP contribution in [0, 0.1) is 0 Å². The third-order valence-electron chi connectivity index (χ3n) is 7.06. The molecule has 7 nitrogen and oxygen atoms in total. The minimum Gasteiger partial charge on any atom is -0.490 e. The van der Waals surface area contributed by atoms with Gasteiger partial charge in [-0.2, -0.15) is 0 Å². The lowest BCUT2D eigenvalue weighted by Crippen LogP contribution is -2.51. The number of hydrogen-bond acceptors (Lipinski definition) is 5. The lowest BCUT2D eigenvalue weighted by Gasteiger charge is -2.38. The number of amides is 1. The third kappa shape index (κ3) is 6.59. The Balaban J connectivity index is 1.14. The van der Waals surface area contributed by atoms with Crippen LogP contribution in [-0.4, -0.2) is 71.8 Å². The van der Waals surface area contributed by atoms with E-state index >= 15 is 0 Å². The molecule has 1 atom stereocenters. The Morgan fingerprint density at radius 3 is 2.53 bits per heavy atom. The molecule has 0 spiro atoms. The van der Waals surface area contributed by atoms with Crippen LogP contribution in [0.1, 0.15) is 28.8 Å². The number of rotatable bonds is 7. The van der Waals surface area contributed by atoms with Gasteiger partial charge in [0.1, 0.15) is 17.4 Å². The summed E-state index contributed by atoms with van der Waals surface area (Å²) in [5.41, 5.74) is 0.939. The molecule has 0 aliphatic carbocycles. The summed E-state index contributed by atoms with van der Waals surface area (Å²) in [5.74, 6) is 0.491. The van der Waals surface area contributed by atoms with E-state index in [1.54, 1.807) is 39.9 Å². The quantitative estimate of drug-likeness (QED) is 0.426. The molecular formula is C29H31Cl2N3O4. The Labute approximate surface area is 232 Å². The molecule has 3 aromatic rings. The van der Waals surface area contributed by atoms with E-state index in [0.717, 1.165) is 43.8 Å². The number of likely N-dealkylation sites (tertiary alicyclic amines) is 1. The molecule has 2 aromatic carbocycles. The van der Waals surface area contributed by atoms with Gasteiger partial charge in [-0.3, -0.25) is 9.59 Å². The van der Waals surface area contributed by atoms with Gasteiger partial charge in [0.15, 0.2) is 0 Å². The van der Waals surface area contributed by atoms with Gasteiger partial charge in [-0.1, -0.05) is 53.5 Å². The molecule has 2 fully saturated rings. The maximum absolute atomic E-state index is 13.3. The zero-order valence-electron chi connectivity index (χ0n) is 21.1. The molecule has 1 aromatic heterocycles. The monoisotopic (exact) mass is 555 g/mol. The number of aromatic nitrogens is 1. The van der Waals surface area contributed by atoms with E-state index in [4.69, 9.17) is 32.7 Å². The van der Waals surface area contributed by atoms with Gasteiger partial charge in [-0.05, 0) is 42.7 Å². The molecule has 0 bridgehead atoms. The molecule has 0 saturated carbocycles. The average Bonchev–Trinajstić information content (AvgIpc) is 2.93. The number of ether oxygens (including phenoxy) is 2. The summed E-state index contributed by atoms with van der Waals surface area (Å²) in [5, 5.41) is 1.000. The predicted molar refractivity (Wildman–Crippen MR) is 148 cm³/mol. The van der Waals surface area contributed by atoms with Crippen LogP contribution in [0.4, 0.5) is 0 Å². The molecule has 200 valence electrons. The van der Waals surface area contributed by atoms with Crippen LogP contribution in [0.2, 0.25) is 10.0 Å². The van der Waals surface area contributed by atoms with Gasteiger partial charge in [0.05, 0.1) is 29.3 Å². The van der Waals surface area contributed by atoms with Crippen molar-refractivity contribution >= 4 is 29.1 Å².